The molecule has 1 aliphatic rings. The van der Waals surface area contributed by atoms with E-state index in [4.69, 9.17) is 21.3 Å². The van der Waals surface area contributed by atoms with E-state index >= 15 is 0 Å². The van der Waals surface area contributed by atoms with Crippen molar-refractivity contribution in [2.75, 3.05) is 45.2 Å². The number of carbonyl (C=O) groups excluding carboxylic acids is 1. The number of methoxy groups -OCH3 is 1. The number of amides is 1. The fourth-order valence-electron chi connectivity index (χ4n) is 3.54. The molecule has 0 saturated carbocycles. The minimum absolute atomic E-state index is 0.0369. The predicted molar refractivity (Wildman–Crippen MR) is 126 cm³/mol. The molecule has 0 aliphatic carbocycles. The number of carbonyl (C=O) groups is 1. The van der Waals surface area contributed by atoms with Gasteiger partial charge in [-0.25, -0.2) is 4.98 Å². The summed E-state index contributed by atoms with van der Waals surface area (Å²) in [6, 6.07) is 15.3. The van der Waals surface area contributed by atoms with Crippen molar-refractivity contribution in [3.8, 4) is 16.3 Å². The Labute approximate surface area is 191 Å². The summed E-state index contributed by atoms with van der Waals surface area (Å²) in [6.45, 7) is 4.73. The molecule has 1 aliphatic heterocycles. The molecule has 0 atom stereocenters. The molecular formula is C23H25ClN4O2S. The quantitative estimate of drug-likeness (QED) is 0.576. The largest absolute Gasteiger partial charge is 0.497 e. The maximum absolute atomic E-state index is 12.3. The number of thiazole rings is 1. The fourth-order valence-corrected chi connectivity index (χ4v) is 4.54. The van der Waals surface area contributed by atoms with Crippen LogP contribution in [-0.4, -0.2) is 60.5 Å². The van der Waals surface area contributed by atoms with Crippen LogP contribution in [0.2, 0.25) is 5.02 Å². The summed E-state index contributed by atoms with van der Waals surface area (Å²) in [5.74, 6) is 0.809. The van der Waals surface area contributed by atoms with E-state index in [9.17, 15) is 4.79 Å². The molecule has 4 rings (SSSR count). The molecule has 6 nitrogen and oxygen atoms in total. The minimum atomic E-state index is -0.0369. The lowest BCUT2D eigenvalue weighted by atomic mass is 10.2. The number of halogens is 1. The highest BCUT2D eigenvalue weighted by molar-refractivity contribution is 7.13. The third kappa shape index (κ3) is 5.83. The molecule has 0 unspecified atom stereocenters. The number of para-hydroxylation sites is 1. The molecule has 3 aromatic rings. The monoisotopic (exact) mass is 456 g/mol. The first-order valence-corrected chi connectivity index (χ1v) is 11.4. The van der Waals surface area contributed by atoms with Gasteiger partial charge in [0, 0.05) is 43.7 Å². The van der Waals surface area contributed by atoms with Crippen LogP contribution in [-0.2, 0) is 11.3 Å². The van der Waals surface area contributed by atoms with Crippen LogP contribution in [0.5, 0.6) is 5.75 Å². The third-order valence-electron chi connectivity index (χ3n) is 5.25. The lowest BCUT2D eigenvalue weighted by Gasteiger charge is -2.33. The van der Waals surface area contributed by atoms with Crippen LogP contribution in [0.15, 0.2) is 53.9 Å². The Balaban J connectivity index is 1.24. The number of nitrogens with zero attached hydrogens (tertiary/aromatic N) is 3. The molecule has 0 bridgehead atoms. The second-order valence-corrected chi connectivity index (χ2v) is 8.72. The molecule has 162 valence electrons. The molecule has 2 aromatic carbocycles. The number of hydrogen-bond acceptors (Lipinski definition) is 6. The molecule has 1 saturated heterocycles. The lowest BCUT2D eigenvalue weighted by molar-refractivity contribution is -0.117. The maximum atomic E-state index is 12.3. The Morgan fingerprint density at radius 1 is 1.10 bits per heavy atom. The van der Waals surface area contributed by atoms with E-state index in [1.807, 2.05) is 42.5 Å². The number of ether oxygens (including phenoxy) is 1. The van der Waals surface area contributed by atoms with E-state index in [2.05, 4.69) is 20.5 Å². The first-order chi connectivity index (χ1) is 15.1. The Morgan fingerprint density at radius 2 is 1.81 bits per heavy atom. The Kier molecular flexibility index (Phi) is 7.19. The van der Waals surface area contributed by atoms with Gasteiger partial charge < -0.3 is 10.1 Å². The summed E-state index contributed by atoms with van der Waals surface area (Å²) in [4.78, 5) is 21.7. The molecule has 8 heteroatoms. The molecule has 1 aromatic heterocycles. The van der Waals surface area contributed by atoms with Crippen molar-refractivity contribution in [2.24, 2.45) is 0 Å². The van der Waals surface area contributed by atoms with Gasteiger partial charge in [-0.2, -0.15) is 0 Å². The third-order valence-corrected chi connectivity index (χ3v) is 6.52. The van der Waals surface area contributed by atoms with Gasteiger partial charge >= 0.3 is 0 Å². The van der Waals surface area contributed by atoms with Crippen LogP contribution in [0, 0.1) is 0 Å². The highest BCUT2D eigenvalue weighted by Crippen LogP contribution is 2.26. The number of aromatic nitrogens is 1. The molecule has 31 heavy (non-hydrogen) atoms. The van der Waals surface area contributed by atoms with Crippen LogP contribution in [0.1, 0.15) is 5.69 Å². The standard InChI is InChI=1S/C23H25ClN4O2S/c1-30-19-8-6-17(7-9-19)23-25-18(16-31-23)14-27-10-12-28(13-11-27)15-22(29)26-21-5-3-2-4-20(21)24/h2-9,16H,10-15H2,1H3,(H,26,29). The van der Waals surface area contributed by atoms with E-state index in [0.29, 0.717) is 17.3 Å². The van der Waals surface area contributed by atoms with E-state index < -0.39 is 0 Å². The van der Waals surface area contributed by atoms with Gasteiger partial charge in [0.1, 0.15) is 10.8 Å². The SMILES string of the molecule is COc1ccc(-c2nc(CN3CCN(CC(=O)Nc4ccccc4Cl)CC3)cs2)cc1. The summed E-state index contributed by atoms with van der Waals surface area (Å²) in [6.07, 6.45) is 0. The molecule has 1 amide bonds. The summed E-state index contributed by atoms with van der Waals surface area (Å²) in [5.41, 5.74) is 2.84. The zero-order valence-electron chi connectivity index (χ0n) is 17.4. The van der Waals surface area contributed by atoms with Crippen molar-refractivity contribution in [3.05, 3.63) is 64.6 Å². The van der Waals surface area contributed by atoms with Crippen molar-refractivity contribution in [2.45, 2.75) is 6.54 Å². The van der Waals surface area contributed by atoms with Crippen LogP contribution < -0.4 is 10.1 Å². The summed E-state index contributed by atoms with van der Waals surface area (Å²) in [5, 5.41) is 6.59. The van der Waals surface area contributed by atoms with E-state index in [1.54, 1.807) is 24.5 Å². The molecule has 2 heterocycles. The summed E-state index contributed by atoms with van der Waals surface area (Å²) in [7, 11) is 1.67. The Morgan fingerprint density at radius 3 is 2.52 bits per heavy atom. The minimum Gasteiger partial charge on any atom is -0.497 e. The maximum Gasteiger partial charge on any atom is 0.238 e. The van der Waals surface area contributed by atoms with Crippen molar-refractivity contribution in [1.29, 1.82) is 0 Å². The first kappa shape index (κ1) is 21.8. The highest BCUT2D eigenvalue weighted by Gasteiger charge is 2.20. The van der Waals surface area contributed by atoms with E-state index in [0.717, 1.165) is 54.7 Å². The van der Waals surface area contributed by atoms with Gasteiger partial charge in [-0.3, -0.25) is 14.6 Å². The van der Waals surface area contributed by atoms with Crippen LogP contribution in [0.3, 0.4) is 0 Å². The number of rotatable bonds is 7. The number of nitrogens with one attached hydrogen (secondary N) is 1. The fraction of sp³-hybridized carbons (Fsp3) is 0.304. The van der Waals surface area contributed by atoms with Crippen molar-refractivity contribution in [1.82, 2.24) is 14.8 Å². The molecule has 0 radical (unpaired) electrons. The predicted octanol–water partition coefficient (Wildman–Crippen LogP) is 4.23. The van der Waals surface area contributed by atoms with Crippen LogP contribution in [0.4, 0.5) is 5.69 Å². The van der Waals surface area contributed by atoms with Gasteiger partial charge in [0.2, 0.25) is 5.91 Å². The average molecular weight is 457 g/mol. The Hall–Kier alpha value is -2.45. The van der Waals surface area contributed by atoms with Crippen LogP contribution >= 0.6 is 22.9 Å². The Bertz CT molecular complexity index is 1020. The zero-order chi connectivity index (χ0) is 21.6. The zero-order valence-corrected chi connectivity index (χ0v) is 19.0. The topological polar surface area (TPSA) is 57.7 Å². The van der Waals surface area contributed by atoms with Gasteiger partial charge in [-0.1, -0.05) is 23.7 Å². The van der Waals surface area contributed by atoms with Crippen molar-refractivity contribution in [3.63, 3.8) is 0 Å². The molecular weight excluding hydrogens is 432 g/mol. The molecule has 0 spiro atoms. The van der Waals surface area contributed by atoms with E-state index in [1.165, 1.54) is 0 Å². The van der Waals surface area contributed by atoms with Crippen LogP contribution in [0.25, 0.3) is 10.6 Å². The first-order valence-electron chi connectivity index (χ1n) is 10.2. The van der Waals surface area contributed by atoms with Gasteiger partial charge in [0.05, 0.1) is 30.1 Å². The second kappa shape index (κ2) is 10.2. The van der Waals surface area contributed by atoms with Crippen molar-refractivity contribution < 1.29 is 9.53 Å². The number of anilines is 1. The van der Waals surface area contributed by atoms with Gasteiger partial charge in [-0.05, 0) is 36.4 Å². The summed E-state index contributed by atoms with van der Waals surface area (Å²) >= 11 is 7.78. The number of hydrogen-bond donors (Lipinski definition) is 1. The second-order valence-electron chi connectivity index (χ2n) is 7.45. The van der Waals surface area contributed by atoms with Gasteiger partial charge in [0.15, 0.2) is 0 Å². The average Bonchev–Trinajstić information content (AvgIpc) is 3.25. The number of benzene rings is 2. The molecule has 1 N–H and O–H groups in total. The van der Waals surface area contributed by atoms with Crippen molar-refractivity contribution >= 4 is 34.5 Å². The molecule has 1 fully saturated rings. The van der Waals surface area contributed by atoms with Gasteiger partial charge in [0.25, 0.3) is 0 Å². The normalized spacial score (nSPS) is 15.0. The van der Waals surface area contributed by atoms with Gasteiger partial charge in [-0.15, -0.1) is 11.3 Å². The van der Waals surface area contributed by atoms with E-state index in [-0.39, 0.29) is 5.91 Å². The smallest absolute Gasteiger partial charge is 0.238 e. The highest BCUT2D eigenvalue weighted by atomic mass is 35.5. The number of piperazine rings is 1. The lowest BCUT2D eigenvalue weighted by Crippen LogP contribution is -2.48. The summed E-state index contributed by atoms with van der Waals surface area (Å²) < 4.78 is 5.22.